The highest BCUT2D eigenvalue weighted by molar-refractivity contribution is 7.92. The fourth-order valence-corrected chi connectivity index (χ4v) is 5.55. The predicted molar refractivity (Wildman–Crippen MR) is 141 cm³/mol. The molecule has 2 aromatic carbocycles. The third-order valence-corrected chi connectivity index (χ3v) is 7.42. The van der Waals surface area contributed by atoms with Crippen LogP contribution in [0.1, 0.15) is 56.6 Å². The number of nitrogens with one attached hydrogen (secondary N) is 1. The van der Waals surface area contributed by atoms with E-state index in [4.69, 9.17) is 14.6 Å². The maximum atomic E-state index is 12.0. The largest absolute Gasteiger partial charge is 0.493 e. The molecular weight excluding hydrogens is 478 g/mol. The molecule has 1 saturated carbocycles. The Morgan fingerprint density at radius 2 is 1.92 bits per heavy atom. The van der Waals surface area contributed by atoms with Crippen LogP contribution in [0.15, 0.2) is 47.6 Å². The highest BCUT2D eigenvalue weighted by Gasteiger charge is 2.31. The van der Waals surface area contributed by atoms with E-state index in [9.17, 15) is 13.2 Å². The highest BCUT2D eigenvalue weighted by Crippen LogP contribution is 2.35. The van der Waals surface area contributed by atoms with Crippen molar-refractivity contribution in [2.24, 2.45) is 11.0 Å². The minimum Gasteiger partial charge on any atom is -0.493 e. The molecule has 1 aliphatic carbocycles. The number of hydrazone groups is 1. The van der Waals surface area contributed by atoms with Gasteiger partial charge in [-0.15, -0.1) is 0 Å². The number of aldehydes is 1. The highest BCUT2D eigenvalue weighted by atomic mass is 32.2. The molecule has 2 unspecified atom stereocenters. The van der Waals surface area contributed by atoms with Gasteiger partial charge in [0.1, 0.15) is 12.3 Å². The summed E-state index contributed by atoms with van der Waals surface area (Å²) in [5.41, 5.74) is 3.21. The van der Waals surface area contributed by atoms with E-state index in [-0.39, 0.29) is 18.1 Å². The van der Waals surface area contributed by atoms with E-state index in [0.717, 1.165) is 54.4 Å². The van der Waals surface area contributed by atoms with Crippen molar-refractivity contribution in [3.8, 4) is 11.5 Å². The first kappa shape index (κ1) is 26.0. The average Bonchev–Trinajstić information content (AvgIpc) is 3.36. The number of sulfonamides is 1. The van der Waals surface area contributed by atoms with Crippen molar-refractivity contribution < 1.29 is 22.7 Å². The van der Waals surface area contributed by atoms with E-state index in [1.807, 2.05) is 24.3 Å². The summed E-state index contributed by atoms with van der Waals surface area (Å²) in [6.45, 7) is 2.49. The molecule has 4 rings (SSSR count). The zero-order chi connectivity index (χ0) is 25.7. The Morgan fingerprint density at radius 3 is 2.58 bits per heavy atom. The molecule has 0 amide bonds. The van der Waals surface area contributed by atoms with Gasteiger partial charge in [0.2, 0.25) is 10.0 Å². The molecule has 1 heterocycles. The number of ether oxygens (including phenoxy) is 2. The van der Waals surface area contributed by atoms with Crippen molar-refractivity contribution in [2.45, 2.75) is 64.1 Å². The van der Waals surface area contributed by atoms with Crippen molar-refractivity contribution in [3.05, 3.63) is 53.6 Å². The molecular formula is C27H35N3O5S. The third kappa shape index (κ3) is 6.37. The Morgan fingerprint density at radius 1 is 1.14 bits per heavy atom. The van der Waals surface area contributed by atoms with Crippen LogP contribution in [0.2, 0.25) is 0 Å². The zero-order valence-electron chi connectivity index (χ0n) is 21.1. The van der Waals surface area contributed by atoms with Crippen LogP contribution in [0, 0.1) is 5.92 Å². The van der Waals surface area contributed by atoms with Crippen LogP contribution in [-0.2, 0) is 21.4 Å². The fourth-order valence-electron chi connectivity index (χ4n) is 5.00. The molecule has 0 bridgehead atoms. The summed E-state index contributed by atoms with van der Waals surface area (Å²) in [4.78, 5) is 12.0. The molecule has 2 aliphatic rings. The summed E-state index contributed by atoms with van der Waals surface area (Å²) in [6.07, 6.45) is 8.24. The number of benzene rings is 2. The van der Waals surface area contributed by atoms with Crippen LogP contribution in [0.4, 0.5) is 5.69 Å². The van der Waals surface area contributed by atoms with Gasteiger partial charge < -0.3 is 14.3 Å². The van der Waals surface area contributed by atoms with Gasteiger partial charge in [-0.2, -0.15) is 5.10 Å². The van der Waals surface area contributed by atoms with Gasteiger partial charge in [-0.05, 0) is 74.4 Å². The molecule has 2 aromatic rings. The molecule has 1 N–H and O–H groups in total. The second kappa shape index (κ2) is 11.3. The summed E-state index contributed by atoms with van der Waals surface area (Å²) >= 11 is 0. The van der Waals surface area contributed by atoms with Crippen LogP contribution in [0.3, 0.4) is 0 Å². The van der Waals surface area contributed by atoms with Gasteiger partial charge in [0.25, 0.3) is 0 Å². The lowest BCUT2D eigenvalue weighted by atomic mass is 9.87. The Hall–Kier alpha value is -3.07. The molecule has 194 valence electrons. The van der Waals surface area contributed by atoms with Crippen LogP contribution in [0.5, 0.6) is 11.5 Å². The number of anilines is 1. The summed E-state index contributed by atoms with van der Waals surface area (Å²) < 4.78 is 37.7. The molecule has 1 fully saturated rings. The first-order chi connectivity index (χ1) is 17.3. The van der Waals surface area contributed by atoms with Crippen molar-refractivity contribution in [1.82, 2.24) is 5.01 Å². The van der Waals surface area contributed by atoms with E-state index in [0.29, 0.717) is 24.4 Å². The lowest BCUT2D eigenvalue weighted by molar-refractivity contribution is -0.113. The normalized spacial score (nSPS) is 20.6. The van der Waals surface area contributed by atoms with E-state index >= 15 is 0 Å². The van der Waals surface area contributed by atoms with Crippen LogP contribution in [0.25, 0.3) is 0 Å². The standard InChI is InChI=1S/C27H35N3O5S/c1-4-20-15-23(18-31)30(17-19-8-7-9-22(14-19)29-36(3,32)33)28-27(20)21-12-13-25(34-2)26(16-21)35-24-10-5-6-11-24/h7-9,12-14,16,18,20,23-24,29H,4-6,10-11,15,17H2,1-3H3. The quantitative estimate of drug-likeness (QED) is 0.467. The lowest BCUT2D eigenvalue weighted by Crippen LogP contribution is -2.41. The SMILES string of the molecule is CCC1CC(C=O)N(Cc2cccc(NS(C)(=O)=O)c2)N=C1c1ccc(OC)c(OC2CCCC2)c1. The van der Waals surface area contributed by atoms with Gasteiger partial charge in [-0.1, -0.05) is 19.1 Å². The molecule has 0 spiro atoms. The fraction of sp³-hybridized carbons (Fsp3) is 0.481. The van der Waals surface area contributed by atoms with Gasteiger partial charge in [0.15, 0.2) is 11.5 Å². The molecule has 9 heteroatoms. The lowest BCUT2D eigenvalue weighted by Gasteiger charge is -2.35. The summed E-state index contributed by atoms with van der Waals surface area (Å²) in [7, 11) is -1.74. The number of hydrogen-bond acceptors (Lipinski definition) is 7. The van der Waals surface area contributed by atoms with Gasteiger partial charge in [-0.3, -0.25) is 9.73 Å². The van der Waals surface area contributed by atoms with Crippen LogP contribution in [-0.4, -0.2) is 50.9 Å². The van der Waals surface area contributed by atoms with Crippen molar-refractivity contribution in [1.29, 1.82) is 0 Å². The Labute approximate surface area is 213 Å². The number of rotatable bonds is 10. The van der Waals surface area contributed by atoms with Crippen molar-refractivity contribution in [3.63, 3.8) is 0 Å². The Balaban J connectivity index is 1.65. The van der Waals surface area contributed by atoms with E-state index in [1.165, 1.54) is 12.8 Å². The molecule has 1 aliphatic heterocycles. The number of nitrogens with zero attached hydrogens (tertiary/aromatic N) is 2. The van der Waals surface area contributed by atoms with Gasteiger partial charge in [-0.25, -0.2) is 8.42 Å². The molecule has 8 nitrogen and oxygen atoms in total. The van der Waals surface area contributed by atoms with Crippen LogP contribution >= 0.6 is 0 Å². The van der Waals surface area contributed by atoms with Crippen molar-refractivity contribution >= 4 is 27.7 Å². The number of methoxy groups -OCH3 is 1. The molecule has 36 heavy (non-hydrogen) atoms. The molecule has 2 atom stereocenters. The van der Waals surface area contributed by atoms with Crippen LogP contribution < -0.4 is 14.2 Å². The molecule has 0 saturated heterocycles. The smallest absolute Gasteiger partial charge is 0.229 e. The third-order valence-electron chi connectivity index (χ3n) is 6.81. The zero-order valence-corrected chi connectivity index (χ0v) is 22.0. The minimum absolute atomic E-state index is 0.127. The Kier molecular flexibility index (Phi) is 8.18. The van der Waals surface area contributed by atoms with E-state index in [2.05, 4.69) is 11.6 Å². The molecule has 0 radical (unpaired) electrons. The maximum absolute atomic E-state index is 12.0. The van der Waals surface area contributed by atoms with Gasteiger partial charge >= 0.3 is 0 Å². The average molecular weight is 514 g/mol. The number of carbonyl (C=O) groups excluding carboxylic acids is 1. The predicted octanol–water partition coefficient (Wildman–Crippen LogP) is 4.59. The monoisotopic (exact) mass is 513 g/mol. The summed E-state index contributed by atoms with van der Waals surface area (Å²) in [5, 5.41) is 6.77. The summed E-state index contributed by atoms with van der Waals surface area (Å²) in [5.74, 6) is 1.55. The van der Waals surface area contributed by atoms with E-state index in [1.54, 1.807) is 30.3 Å². The Bertz CT molecular complexity index is 1210. The first-order valence-electron chi connectivity index (χ1n) is 12.5. The maximum Gasteiger partial charge on any atom is 0.229 e. The van der Waals surface area contributed by atoms with Crippen molar-refractivity contribution in [2.75, 3.05) is 18.1 Å². The van der Waals surface area contributed by atoms with Gasteiger partial charge in [0.05, 0.1) is 31.7 Å². The second-order valence-electron chi connectivity index (χ2n) is 9.59. The number of carbonyl (C=O) groups is 1. The minimum atomic E-state index is -3.39. The summed E-state index contributed by atoms with van der Waals surface area (Å²) in [6, 6.07) is 12.7. The molecule has 0 aromatic heterocycles. The van der Waals surface area contributed by atoms with Gasteiger partial charge in [0, 0.05) is 17.2 Å². The van der Waals surface area contributed by atoms with E-state index < -0.39 is 10.0 Å². The topological polar surface area (TPSA) is 97.3 Å². The number of hydrogen-bond donors (Lipinski definition) is 1. The second-order valence-corrected chi connectivity index (χ2v) is 11.3. The first-order valence-corrected chi connectivity index (χ1v) is 14.4.